The molecule has 0 aromatic heterocycles. The number of carbonyl (C=O) groups excluding carboxylic acids is 1. The van der Waals surface area contributed by atoms with E-state index in [9.17, 15) is 4.79 Å². The molecular weight excluding hydrogens is 562 g/mol. The van der Waals surface area contributed by atoms with E-state index in [2.05, 4.69) is 13.8 Å². The first kappa shape index (κ1) is 28.5. The van der Waals surface area contributed by atoms with E-state index < -0.39 is 0 Å². The summed E-state index contributed by atoms with van der Waals surface area (Å²) in [6, 6.07) is 7.78. The molecule has 2 unspecified atom stereocenters. The largest absolute Gasteiger partial charge is 2.00 e. The van der Waals surface area contributed by atoms with Gasteiger partial charge in [0.2, 0.25) is 5.91 Å². The van der Waals surface area contributed by atoms with Crippen LogP contribution in [0.5, 0.6) is 0 Å². The Hall–Kier alpha value is -0.758. The maximum absolute atomic E-state index is 12.3. The van der Waals surface area contributed by atoms with Gasteiger partial charge in [-0.15, -0.1) is 0 Å². The van der Waals surface area contributed by atoms with E-state index in [0.717, 1.165) is 48.2 Å². The molecule has 0 saturated carbocycles. The van der Waals surface area contributed by atoms with Crippen LogP contribution in [0.3, 0.4) is 0 Å². The molecule has 1 fully saturated rings. The molecule has 2 atom stereocenters. The number of hydrogen-bond acceptors (Lipinski definition) is 3. The van der Waals surface area contributed by atoms with Crippen molar-refractivity contribution in [1.82, 2.24) is 0 Å². The number of nitrogens with two attached hydrogens (primary N) is 1. The average molecular weight is 599 g/mol. The minimum absolute atomic E-state index is 0. The normalized spacial score (nSPS) is 18.9. The van der Waals surface area contributed by atoms with Crippen molar-refractivity contribution in [1.29, 1.82) is 0 Å². The number of allylic oxidation sites excluding steroid dienone is 1. The van der Waals surface area contributed by atoms with Gasteiger partial charge in [-0.1, -0.05) is 39.0 Å². The van der Waals surface area contributed by atoms with Crippen LogP contribution < -0.4 is 10.6 Å². The Bertz CT molecular complexity index is 602. The molecular formula is C22H36N2O2U. The van der Waals surface area contributed by atoms with E-state index in [1.54, 1.807) is 11.8 Å². The van der Waals surface area contributed by atoms with Crippen LogP contribution in [0.25, 0.3) is 5.70 Å². The second kappa shape index (κ2) is 14.3. The number of carbonyl (C=O) groups is 1. The number of ether oxygens (including phenoxy) is 1. The van der Waals surface area contributed by atoms with Gasteiger partial charge in [-0.05, 0) is 37.8 Å². The van der Waals surface area contributed by atoms with Crippen LogP contribution in [0.2, 0.25) is 0 Å². The van der Waals surface area contributed by atoms with Crippen LogP contribution >= 0.6 is 0 Å². The third-order valence-corrected chi connectivity index (χ3v) is 4.48. The minimum Gasteiger partial charge on any atom is -0.398 e. The van der Waals surface area contributed by atoms with Gasteiger partial charge in [0, 0.05) is 24.3 Å². The van der Waals surface area contributed by atoms with Gasteiger partial charge in [0.05, 0.1) is 5.69 Å². The molecule has 1 aliphatic rings. The Morgan fingerprint density at radius 3 is 2.33 bits per heavy atom. The fraction of sp³-hybridized carbons (Fsp3) is 0.500. The Balaban J connectivity index is 0. The van der Waals surface area contributed by atoms with Crippen molar-refractivity contribution in [3.8, 4) is 0 Å². The monoisotopic (exact) mass is 598 g/mol. The summed E-state index contributed by atoms with van der Waals surface area (Å²) in [5.74, 6) is -0.0332. The minimum atomic E-state index is -0.241. The topological polar surface area (TPSA) is 55.6 Å². The quantitative estimate of drug-likeness (QED) is 0.466. The molecule has 5 heteroatoms. The van der Waals surface area contributed by atoms with Crippen molar-refractivity contribution < 1.29 is 40.6 Å². The van der Waals surface area contributed by atoms with Crippen molar-refractivity contribution in [3.05, 3.63) is 49.8 Å². The summed E-state index contributed by atoms with van der Waals surface area (Å²) in [6.07, 6.45) is 3.24. The summed E-state index contributed by atoms with van der Waals surface area (Å²) < 4.78 is 6.00. The van der Waals surface area contributed by atoms with Crippen molar-refractivity contribution in [3.63, 3.8) is 0 Å². The molecule has 2 N–H and O–H groups in total. The van der Waals surface area contributed by atoms with E-state index in [-0.39, 0.29) is 56.8 Å². The SMILES string of the molecule is CC.[CH2-]CC1CCC(N(C(C)=O)c2ccccc2/C(N)=C(\C)CC)O1.[CH3-].[U+2]. The first-order valence-electron chi connectivity index (χ1n) is 9.28. The van der Waals surface area contributed by atoms with E-state index in [0.29, 0.717) is 0 Å². The summed E-state index contributed by atoms with van der Waals surface area (Å²) in [6.45, 7) is 13.6. The van der Waals surface area contributed by atoms with Gasteiger partial charge in [0.25, 0.3) is 0 Å². The van der Waals surface area contributed by atoms with Crippen LogP contribution in [0.15, 0.2) is 29.8 Å². The van der Waals surface area contributed by atoms with Crippen molar-refractivity contribution in [2.24, 2.45) is 5.73 Å². The molecule has 150 valence electrons. The average Bonchev–Trinajstić information content (AvgIpc) is 3.11. The molecule has 1 aromatic rings. The summed E-state index contributed by atoms with van der Waals surface area (Å²) in [7, 11) is 0. The predicted molar refractivity (Wildman–Crippen MR) is 112 cm³/mol. The summed E-state index contributed by atoms with van der Waals surface area (Å²) >= 11 is 0. The summed E-state index contributed by atoms with van der Waals surface area (Å²) in [4.78, 5) is 14.1. The Morgan fingerprint density at radius 2 is 1.85 bits per heavy atom. The van der Waals surface area contributed by atoms with E-state index in [1.165, 1.54) is 0 Å². The van der Waals surface area contributed by atoms with Gasteiger partial charge < -0.3 is 24.8 Å². The third-order valence-electron chi connectivity index (χ3n) is 4.48. The number of benzene rings is 1. The molecule has 0 aliphatic carbocycles. The van der Waals surface area contributed by atoms with Crippen LogP contribution in [-0.2, 0) is 9.53 Å². The summed E-state index contributed by atoms with van der Waals surface area (Å²) in [5.41, 5.74) is 9.89. The standard InChI is InChI=1S/C19H27N2O2.C2H6.CH3.U/c1-5-13(3)19(20)16-9-7-8-10-17(16)21(14(4)22)18-12-11-15(6-2)23-18;1-2;;/h7-10,15,18H,2,5-6,11-12,20H2,1,3-4H3;1-2H3;1H3;/q-1;;-1;+2/b19-13-;;;. The van der Waals surface area contributed by atoms with Gasteiger partial charge in [-0.3, -0.25) is 9.69 Å². The van der Waals surface area contributed by atoms with Crippen LogP contribution in [0.1, 0.15) is 65.9 Å². The van der Waals surface area contributed by atoms with Gasteiger partial charge >= 0.3 is 31.1 Å². The Labute approximate surface area is 190 Å². The van der Waals surface area contributed by atoms with Crippen LogP contribution in [0.4, 0.5) is 5.69 Å². The molecule has 4 nitrogen and oxygen atoms in total. The zero-order valence-electron chi connectivity index (χ0n) is 17.8. The van der Waals surface area contributed by atoms with E-state index in [4.69, 9.17) is 10.5 Å². The van der Waals surface area contributed by atoms with Crippen molar-refractivity contribution in [2.75, 3.05) is 4.90 Å². The second-order valence-electron chi connectivity index (χ2n) is 6.03. The number of rotatable bonds is 5. The van der Waals surface area contributed by atoms with Crippen molar-refractivity contribution >= 4 is 17.3 Å². The Morgan fingerprint density at radius 1 is 1.26 bits per heavy atom. The number of anilines is 1. The molecule has 1 aromatic carbocycles. The predicted octanol–water partition coefficient (Wildman–Crippen LogP) is 5.34. The third kappa shape index (κ3) is 7.29. The number of nitrogens with zero attached hydrogens (tertiary/aromatic N) is 1. The summed E-state index contributed by atoms with van der Waals surface area (Å²) in [5, 5.41) is 0. The fourth-order valence-corrected chi connectivity index (χ4v) is 2.95. The molecule has 0 radical (unpaired) electrons. The molecule has 2 rings (SSSR count). The number of amides is 1. The van der Waals surface area contributed by atoms with Gasteiger partial charge in [-0.25, -0.2) is 0 Å². The first-order valence-corrected chi connectivity index (χ1v) is 9.28. The molecule has 1 heterocycles. The Kier molecular flexibility index (Phi) is 15.0. The second-order valence-corrected chi connectivity index (χ2v) is 6.03. The number of hydrogen-bond donors (Lipinski definition) is 1. The van der Waals surface area contributed by atoms with Crippen LogP contribution in [-0.4, -0.2) is 18.2 Å². The maximum atomic E-state index is 12.3. The smallest absolute Gasteiger partial charge is 0.398 e. The fourth-order valence-electron chi connectivity index (χ4n) is 2.95. The molecule has 1 saturated heterocycles. The first-order chi connectivity index (χ1) is 12.0. The molecule has 27 heavy (non-hydrogen) atoms. The molecule has 0 bridgehead atoms. The molecule has 1 amide bonds. The molecule has 0 spiro atoms. The van der Waals surface area contributed by atoms with Gasteiger partial charge in [-0.2, -0.15) is 6.42 Å². The van der Waals surface area contributed by atoms with Gasteiger partial charge in [0.15, 0.2) is 0 Å². The van der Waals surface area contributed by atoms with Crippen molar-refractivity contribution in [2.45, 2.75) is 72.6 Å². The zero-order chi connectivity index (χ0) is 19.0. The number of para-hydroxylation sites is 1. The zero-order valence-corrected chi connectivity index (χ0v) is 22.0. The molecule has 1 aliphatic heterocycles. The van der Waals surface area contributed by atoms with Gasteiger partial charge in [0.1, 0.15) is 6.23 Å². The van der Waals surface area contributed by atoms with E-state index >= 15 is 0 Å². The maximum Gasteiger partial charge on any atom is 2.00 e. The van der Waals surface area contributed by atoms with Crippen LogP contribution in [0, 0.1) is 45.5 Å². The van der Waals surface area contributed by atoms with E-state index in [1.807, 2.05) is 45.0 Å².